The van der Waals surface area contributed by atoms with Gasteiger partial charge in [-0.25, -0.2) is 0 Å². The van der Waals surface area contributed by atoms with Gasteiger partial charge in [0.1, 0.15) is 0 Å². The maximum Gasteiger partial charge on any atom is 0.0496 e. The molecule has 0 saturated carbocycles. The lowest BCUT2D eigenvalue weighted by molar-refractivity contribution is 0.115. The Morgan fingerprint density at radius 1 is 1.12 bits per heavy atom. The second kappa shape index (κ2) is 6.58. The Morgan fingerprint density at radius 2 is 1.69 bits per heavy atom. The first kappa shape index (κ1) is 15.9. The van der Waals surface area contributed by atoms with Crippen molar-refractivity contribution in [3.63, 3.8) is 0 Å². The Bertz CT molecular complexity index is 183. The molecular weight excluding hydrogens is 202 g/mol. The molecule has 0 spiro atoms. The number of aliphatic hydroxyl groups is 2. The van der Waals surface area contributed by atoms with Crippen molar-refractivity contribution in [2.75, 3.05) is 19.8 Å². The summed E-state index contributed by atoms with van der Waals surface area (Å²) >= 11 is 0. The van der Waals surface area contributed by atoms with Crippen LogP contribution in [-0.2, 0) is 0 Å². The van der Waals surface area contributed by atoms with Gasteiger partial charge in [-0.05, 0) is 18.3 Å². The summed E-state index contributed by atoms with van der Waals surface area (Å²) in [5.41, 5.74) is 0.0752. The second-order valence-corrected chi connectivity index (χ2v) is 6.13. The molecular formula is C13H29NO2. The van der Waals surface area contributed by atoms with E-state index in [1.54, 1.807) is 0 Å². The van der Waals surface area contributed by atoms with Gasteiger partial charge in [-0.15, -0.1) is 0 Å². The molecule has 3 heteroatoms. The van der Waals surface area contributed by atoms with Gasteiger partial charge in [-0.2, -0.15) is 0 Å². The standard InChI is InChI=1S/C13H29NO2/c1-6-13(5,10-16)9-14-11(7-8-15)12(2,3)4/h11,14-16H,6-10H2,1-5H3. The molecule has 0 aromatic heterocycles. The molecule has 0 radical (unpaired) electrons. The summed E-state index contributed by atoms with van der Waals surface area (Å²) in [5, 5.41) is 21.9. The van der Waals surface area contributed by atoms with E-state index < -0.39 is 0 Å². The fraction of sp³-hybridized carbons (Fsp3) is 1.00. The maximum atomic E-state index is 9.34. The van der Waals surface area contributed by atoms with Gasteiger partial charge in [0, 0.05) is 31.2 Å². The van der Waals surface area contributed by atoms with Crippen LogP contribution >= 0.6 is 0 Å². The van der Waals surface area contributed by atoms with Crippen LogP contribution in [0.15, 0.2) is 0 Å². The minimum atomic E-state index is -0.0566. The number of rotatable bonds is 7. The average Bonchev–Trinajstić information content (AvgIpc) is 2.22. The molecule has 0 bridgehead atoms. The fourth-order valence-electron chi connectivity index (χ4n) is 1.63. The van der Waals surface area contributed by atoms with E-state index in [-0.39, 0.29) is 30.1 Å². The minimum absolute atomic E-state index is 0.0566. The van der Waals surface area contributed by atoms with Crippen molar-refractivity contribution in [2.24, 2.45) is 10.8 Å². The molecule has 98 valence electrons. The molecule has 2 atom stereocenters. The van der Waals surface area contributed by atoms with Gasteiger partial charge in [0.15, 0.2) is 0 Å². The lowest BCUT2D eigenvalue weighted by Gasteiger charge is -2.35. The number of nitrogens with one attached hydrogen (secondary N) is 1. The SMILES string of the molecule is CCC(C)(CO)CNC(CCO)C(C)(C)C. The Labute approximate surface area is 100 Å². The molecule has 2 unspecified atom stereocenters. The molecule has 3 nitrogen and oxygen atoms in total. The molecule has 16 heavy (non-hydrogen) atoms. The highest BCUT2D eigenvalue weighted by atomic mass is 16.3. The van der Waals surface area contributed by atoms with Crippen molar-refractivity contribution in [1.29, 1.82) is 0 Å². The van der Waals surface area contributed by atoms with Crippen molar-refractivity contribution >= 4 is 0 Å². The quantitative estimate of drug-likeness (QED) is 0.626. The smallest absolute Gasteiger partial charge is 0.0496 e. The van der Waals surface area contributed by atoms with Crippen LogP contribution in [0.1, 0.15) is 47.5 Å². The number of hydrogen-bond acceptors (Lipinski definition) is 3. The molecule has 0 saturated heterocycles. The van der Waals surface area contributed by atoms with Gasteiger partial charge in [-0.1, -0.05) is 34.6 Å². The predicted octanol–water partition coefficient (Wildman–Crippen LogP) is 1.78. The first-order valence-corrected chi connectivity index (χ1v) is 6.24. The van der Waals surface area contributed by atoms with E-state index in [1.807, 2.05) is 0 Å². The van der Waals surface area contributed by atoms with Gasteiger partial charge < -0.3 is 15.5 Å². The Hall–Kier alpha value is -0.120. The fourth-order valence-corrected chi connectivity index (χ4v) is 1.63. The van der Waals surface area contributed by atoms with E-state index in [0.717, 1.165) is 19.4 Å². The minimum Gasteiger partial charge on any atom is -0.396 e. The molecule has 0 rings (SSSR count). The van der Waals surface area contributed by atoms with Crippen molar-refractivity contribution < 1.29 is 10.2 Å². The van der Waals surface area contributed by atoms with Crippen LogP contribution in [0.4, 0.5) is 0 Å². The Kier molecular flexibility index (Phi) is 6.53. The number of hydrogen-bond donors (Lipinski definition) is 3. The van der Waals surface area contributed by atoms with Crippen molar-refractivity contribution in [2.45, 2.75) is 53.5 Å². The van der Waals surface area contributed by atoms with E-state index in [9.17, 15) is 5.11 Å². The average molecular weight is 231 g/mol. The molecule has 3 N–H and O–H groups in total. The van der Waals surface area contributed by atoms with Crippen LogP contribution in [0, 0.1) is 10.8 Å². The highest BCUT2D eigenvalue weighted by Crippen LogP contribution is 2.24. The van der Waals surface area contributed by atoms with Gasteiger partial charge >= 0.3 is 0 Å². The largest absolute Gasteiger partial charge is 0.396 e. The third kappa shape index (κ3) is 5.28. The first-order chi connectivity index (χ1) is 7.29. The van der Waals surface area contributed by atoms with Crippen LogP contribution < -0.4 is 5.32 Å². The van der Waals surface area contributed by atoms with Crippen molar-refractivity contribution in [3.05, 3.63) is 0 Å². The third-order valence-corrected chi connectivity index (χ3v) is 3.47. The van der Waals surface area contributed by atoms with Crippen LogP contribution in [0.25, 0.3) is 0 Å². The van der Waals surface area contributed by atoms with E-state index in [2.05, 4.69) is 39.9 Å². The first-order valence-electron chi connectivity index (χ1n) is 6.24. The van der Waals surface area contributed by atoms with Crippen LogP contribution in [0.2, 0.25) is 0 Å². The molecule has 0 aromatic carbocycles. The zero-order valence-corrected chi connectivity index (χ0v) is 11.5. The Morgan fingerprint density at radius 3 is 2.00 bits per heavy atom. The molecule has 0 heterocycles. The summed E-state index contributed by atoms with van der Waals surface area (Å²) in [6, 6.07) is 0.287. The van der Waals surface area contributed by atoms with Crippen LogP contribution in [0.5, 0.6) is 0 Å². The highest BCUT2D eigenvalue weighted by Gasteiger charge is 2.27. The summed E-state index contributed by atoms with van der Waals surface area (Å²) in [5.74, 6) is 0. The zero-order chi connectivity index (χ0) is 12.8. The molecule has 0 aliphatic heterocycles. The van der Waals surface area contributed by atoms with E-state index in [0.29, 0.717) is 0 Å². The van der Waals surface area contributed by atoms with Crippen molar-refractivity contribution in [1.82, 2.24) is 5.32 Å². The number of aliphatic hydroxyl groups excluding tert-OH is 2. The van der Waals surface area contributed by atoms with E-state index in [4.69, 9.17) is 5.11 Å². The lowest BCUT2D eigenvalue weighted by Crippen LogP contribution is -2.46. The molecule has 0 aromatic rings. The summed E-state index contributed by atoms with van der Waals surface area (Å²) in [6.45, 7) is 11.9. The lowest BCUT2D eigenvalue weighted by atomic mass is 9.83. The van der Waals surface area contributed by atoms with Gasteiger partial charge in [-0.3, -0.25) is 0 Å². The molecule has 0 fully saturated rings. The summed E-state index contributed by atoms with van der Waals surface area (Å²) in [7, 11) is 0. The predicted molar refractivity (Wildman–Crippen MR) is 68.4 cm³/mol. The summed E-state index contributed by atoms with van der Waals surface area (Å²) in [4.78, 5) is 0. The van der Waals surface area contributed by atoms with E-state index in [1.165, 1.54) is 0 Å². The third-order valence-electron chi connectivity index (χ3n) is 3.47. The van der Waals surface area contributed by atoms with Crippen LogP contribution in [0.3, 0.4) is 0 Å². The van der Waals surface area contributed by atoms with Gasteiger partial charge in [0.25, 0.3) is 0 Å². The molecule has 0 amide bonds. The highest BCUT2D eigenvalue weighted by molar-refractivity contribution is 4.84. The van der Waals surface area contributed by atoms with Gasteiger partial charge in [0.2, 0.25) is 0 Å². The van der Waals surface area contributed by atoms with Crippen LogP contribution in [-0.4, -0.2) is 36.0 Å². The maximum absolute atomic E-state index is 9.34. The summed E-state index contributed by atoms with van der Waals surface area (Å²) < 4.78 is 0. The summed E-state index contributed by atoms with van der Waals surface area (Å²) in [6.07, 6.45) is 1.71. The monoisotopic (exact) mass is 231 g/mol. The van der Waals surface area contributed by atoms with Gasteiger partial charge in [0.05, 0.1) is 0 Å². The normalized spacial score (nSPS) is 18.2. The second-order valence-electron chi connectivity index (χ2n) is 6.13. The van der Waals surface area contributed by atoms with E-state index >= 15 is 0 Å². The van der Waals surface area contributed by atoms with Crippen molar-refractivity contribution in [3.8, 4) is 0 Å². The molecule has 0 aliphatic carbocycles. The zero-order valence-electron chi connectivity index (χ0n) is 11.5. The Balaban J connectivity index is 4.32. The topological polar surface area (TPSA) is 52.5 Å². The molecule has 0 aliphatic rings.